The molecule has 1 aliphatic heterocycles. The minimum absolute atomic E-state index is 0.219. The number of hydrogen-bond donors (Lipinski definition) is 0. The molecule has 0 saturated carbocycles. The zero-order chi connectivity index (χ0) is 13.9. The van der Waals surface area contributed by atoms with E-state index in [2.05, 4.69) is 17.9 Å². The number of halogens is 3. The fourth-order valence-electron chi connectivity index (χ4n) is 2.75. The highest BCUT2D eigenvalue weighted by molar-refractivity contribution is 5.28. The van der Waals surface area contributed by atoms with Gasteiger partial charge in [0.2, 0.25) is 0 Å². The minimum Gasteiger partial charge on any atom is -0.303 e. The summed E-state index contributed by atoms with van der Waals surface area (Å²) in [5.74, 6) is 0.219. The molecule has 1 unspecified atom stereocenters. The van der Waals surface area contributed by atoms with Gasteiger partial charge >= 0.3 is 6.18 Å². The fraction of sp³-hybridized carbons (Fsp3) is 0.600. The van der Waals surface area contributed by atoms with Gasteiger partial charge in [-0.25, -0.2) is 0 Å². The lowest BCUT2D eigenvalue weighted by Gasteiger charge is -2.33. The Balaban J connectivity index is 2.13. The zero-order valence-electron chi connectivity index (χ0n) is 11.1. The summed E-state index contributed by atoms with van der Waals surface area (Å²) in [7, 11) is 0. The quantitative estimate of drug-likeness (QED) is 0.799. The van der Waals surface area contributed by atoms with Crippen molar-refractivity contribution in [3.8, 4) is 0 Å². The van der Waals surface area contributed by atoms with Gasteiger partial charge in [0.1, 0.15) is 0 Å². The Labute approximate surface area is 112 Å². The fourth-order valence-corrected chi connectivity index (χ4v) is 2.75. The van der Waals surface area contributed by atoms with Crippen LogP contribution in [0.4, 0.5) is 13.2 Å². The Kier molecular flexibility index (Phi) is 4.50. The van der Waals surface area contributed by atoms with Gasteiger partial charge in [0.15, 0.2) is 0 Å². The molecule has 105 valence electrons. The van der Waals surface area contributed by atoms with Crippen molar-refractivity contribution in [3.05, 3.63) is 35.4 Å². The average molecular weight is 270 g/mol. The lowest BCUT2D eigenvalue weighted by Crippen LogP contribution is -2.34. The molecule has 1 aromatic carbocycles. The van der Waals surface area contributed by atoms with Gasteiger partial charge in [-0.2, -0.15) is 13.2 Å². The lowest BCUT2D eigenvalue weighted by molar-refractivity contribution is -0.137. The third-order valence-electron chi connectivity index (χ3n) is 3.65. The van der Waals surface area contributed by atoms with E-state index in [1.807, 2.05) is 0 Å². The summed E-state index contributed by atoms with van der Waals surface area (Å²) in [4.78, 5) is 2.35. The molecule has 4 heteroatoms. The van der Waals surface area contributed by atoms with Gasteiger partial charge in [-0.15, -0.1) is 0 Å². The van der Waals surface area contributed by atoms with Crippen LogP contribution in [0.3, 0.4) is 0 Å². The zero-order valence-corrected chi connectivity index (χ0v) is 11.1. The van der Waals surface area contributed by atoms with Crippen molar-refractivity contribution in [1.82, 2.24) is 4.90 Å². The van der Waals surface area contributed by atoms with Crippen LogP contribution in [0.25, 0.3) is 0 Å². The van der Waals surface area contributed by atoms with Crippen molar-refractivity contribution >= 4 is 0 Å². The first-order valence-corrected chi connectivity index (χ1v) is 6.82. The maximum absolute atomic E-state index is 12.7. The molecule has 1 heterocycles. The van der Waals surface area contributed by atoms with Gasteiger partial charge in [-0.05, 0) is 56.0 Å². The summed E-state index contributed by atoms with van der Waals surface area (Å²) in [6.45, 7) is 5.09. The van der Waals surface area contributed by atoms with Crippen molar-refractivity contribution in [3.63, 3.8) is 0 Å². The van der Waals surface area contributed by atoms with Crippen LogP contribution in [-0.4, -0.2) is 24.5 Å². The van der Waals surface area contributed by atoms with E-state index in [4.69, 9.17) is 0 Å². The predicted molar refractivity (Wildman–Crippen MR) is 69.0 cm³/mol. The Hall–Kier alpha value is -1.03. The van der Waals surface area contributed by atoms with E-state index in [1.165, 1.54) is 12.1 Å². The molecule has 1 fully saturated rings. The number of benzene rings is 1. The maximum atomic E-state index is 12.7. The first kappa shape index (κ1) is 14.4. The van der Waals surface area contributed by atoms with Crippen LogP contribution >= 0.6 is 0 Å². The van der Waals surface area contributed by atoms with Crippen LogP contribution in [-0.2, 0) is 6.18 Å². The molecular weight excluding hydrogens is 251 g/mol. The smallest absolute Gasteiger partial charge is 0.303 e. The second-order valence-corrected chi connectivity index (χ2v) is 5.17. The minimum atomic E-state index is -4.30. The summed E-state index contributed by atoms with van der Waals surface area (Å²) in [6, 6.07) is 6.72. The topological polar surface area (TPSA) is 3.24 Å². The van der Waals surface area contributed by atoms with Crippen LogP contribution in [0.2, 0.25) is 0 Å². The molecule has 0 spiro atoms. The molecule has 1 saturated heterocycles. The summed E-state index contributed by atoms with van der Waals surface area (Å²) >= 11 is 0. The molecule has 2 rings (SSSR count). The Morgan fingerprint density at radius 3 is 2.89 bits per heavy atom. The average Bonchev–Trinajstić information content (AvgIpc) is 2.39. The number of rotatable bonds is 3. The van der Waals surface area contributed by atoms with Gasteiger partial charge in [0.25, 0.3) is 0 Å². The molecule has 19 heavy (non-hydrogen) atoms. The van der Waals surface area contributed by atoms with E-state index in [0.29, 0.717) is 0 Å². The number of alkyl halides is 3. The molecular formula is C15H19F3N. The van der Waals surface area contributed by atoms with Crippen LogP contribution in [0.1, 0.15) is 43.2 Å². The number of nitrogens with zero attached hydrogens (tertiary/aromatic N) is 1. The van der Waals surface area contributed by atoms with Gasteiger partial charge in [0.05, 0.1) is 5.56 Å². The highest BCUT2D eigenvalue weighted by Gasteiger charge is 2.31. The second kappa shape index (κ2) is 5.95. The SMILES string of the molecule is CCCN1CCCC(c2cc[c]c(C(F)(F)F)c2)C1. The molecule has 1 aliphatic rings. The monoisotopic (exact) mass is 270 g/mol. The molecule has 0 bridgehead atoms. The standard InChI is InChI=1S/C15H19F3N/c1-2-8-19-9-4-6-13(11-19)12-5-3-7-14(10-12)15(16,17)18/h3,5,10,13H,2,4,6,8-9,11H2,1H3. The predicted octanol–water partition coefficient (Wildman–Crippen LogP) is 4.09. The first-order chi connectivity index (χ1) is 9.00. The van der Waals surface area contributed by atoms with E-state index in [-0.39, 0.29) is 5.92 Å². The van der Waals surface area contributed by atoms with E-state index < -0.39 is 11.7 Å². The van der Waals surface area contributed by atoms with Crippen molar-refractivity contribution in [1.29, 1.82) is 0 Å². The van der Waals surface area contributed by atoms with Crippen molar-refractivity contribution in [2.75, 3.05) is 19.6 Å². The van der Waals surface area contributed by atoms with E-state index >= 15 is 0 Å². The van der Waals surface area contributed by atoms with E-state index in [9.17, 15) is 13.2 Å². The van der Waals surface area contributed by atoms with E-state index in [0.717, 1.165) is 44.5 Å². The van der Waals surface area contributed by atoms with E-state index in [1.54, 1.807) is 6.07 Å². The van der Waals surface area contributed by atoms with Crippen LogP contribution in [0.5, 0.6) is 0 Å². The summed E-state index contributed by atoms with van der Waals surface area (Å²) < 4.78 is 38.1. The first-order valence-electron chi connectivity index (χ1n) is 6.82. The Morgan fingerprint density at radius 2 is 2.21 bits per heavy atom. The molecule has 0 amide bonds. The van der Waals surface area contributed by atoms with Crippen LogP contribution < -0.4 is 0 Å². The largest absolute Gasteiger partial charge is 0.417 e. The normalized spacial score (nSPS) is 21.6. The third kappa shape index (κ3) is 3.72. The number of hydrogen-bond acceptors (Lipinski definition) is 1. The molecule has 1 aromatic rings. The molecule has 1 radical (unpaired) electrons. The Bertz CT molecular complexity index is 412. The van der Waals surface area contributed by atoms with Crippen molar-refractivity contribution in [2.45, 2.75) is 38.3 Å². The van der Waals surface area contributed by atoms with Gasteiger partial charge in [0, 0.05) is 6.54 Å². The van der Waals surface area contributed by atoms with Crippen LogP contribution in [0, 0.1) is 6.07 Å². The summed E-state index contributed by atoms with van der Waals surface area (Å²) in [5.41, 5.74) is 0.143. The molecule has 1 nitrogen and oxygen atoms in total. The van der Waals surface area contributed by atoms with Gasteiger partial charge in [-0.1, -0.05) is 19.1 Å². The van der Waals surface area contributed by atoms with Crippen LogP contribution in [0.15, 0.2) is 18.2 Å². The van der Waals surface area contributed by atoms with Gasteiger partial charge in [-0.3, -0.25) is 0 Å². The maximum Gasteiger partial charge on any atom is 0.417 e. The Morgan fingerprint density at radius 1 is 1.42 bits per heavy atom. The molecule has 1 atom stereocenters. The highest BCUT2D eigenvalue weighted by Crippen LogP contribution is 2.33. The summed E-state index contributed by atoms with van der Waals surface area (Å²) in [5, 5.41) is 0. The number of piperidine rings is 1. The second-order valence-electron chi connectivity index (χ2n) is 5.17. The molecule has 0 N–H and O–H groups in total. The third-order valence-corrected chi connectivity index (χ3v) is 3.65. The summed E-state index contributed by atoms with van der Waals surface area (Å²) in [6.07, 6.45) is -1.18. The highest BCUT2D eigenvalue weighted by atomic mass is 19.4. The lowest BCUT2D eigenvalue weighted by atomic mass is 9.89. The molecule has 0 aromatic heterocycles. The van der Waals surface area contributed by atoms with Crippen molar-refractivity contribution in [2.24, 2.45) is 0 Å². The molecule has 0 aliphatic carbocycles. The number of likely N-dealkylation sites (tertiary alicyclic amines) is 1. The van der Waals surface area contributed by atoms with Gasteiger partial charge < -0.3 is 4.90 Å². The van der Waals surface area contributed by atoms with Crippen molar-refractivity contribution < 1.29 is 13.2 Å².